The van der Waals surface area contributed by atoms with Crippen molar-refractivity contribution in [3.8, 4) is 5.75 Å². The molecule has 0 unspecified atom stereocenters. The molecule has 0 radical (unpaired) electrons. The van der Waals surface area contributed by atoms with E-state index in [0.717, 1.165) is 45.1 Å². The van der Waals surface area contributed by atoms with E-state index in [0.29, 0.717) is 34.0 Å². The van der Waals surface area contributed by atoms with Crippen molar-refractivity contribution in [2.75, 3.05) is 6.54 Å². The van der Waals surface area contributed by atoms with E-state index in [9.17, 15) is 9.59 Å². The highest BCUT2D eigenvalue weighted by Crippen LogP contribution is 2.35. The van der Waals surface area contributed by atoms with Crippen molar-refractivity contribution in [1.82, 2.24) is 4.90 Å². The molecule has 2 aromatic rings. The number of halogens is 3. The molecule has 8 heteroatoms. The number of hydrogen-bond acceptors (Lipinski definition) is 4. The van der Waals surface area contributed by atoms with Gasteiger partial charge < -0.3 is 4.74 Å². The second-order valence-corrected chi connectivity index (χ2v) is 11.0. The lowest BCUT2D eigenvalue weighted by Crippen LogP contribution is -2.34. The Kier molecular flexibility index (Phi) is 8.08. The maximum absolute atomic E-state index is 12.8. The van der Waals surface area contributed by atoms with E-state index >= 15 is 0 Å². The Labute approximate surface area is 215 Å². The van der Waals surface area contributed by atoms with E-state index < -0.39 is 0 Å². The molecule has 0 aromatic heterocycles. The Bertz CT molecular complexity index is 1070. The van der Waals surface area contributed by atoms with E-state index in [1.165, 1.54) is 24.2 Å². The summed E-state index contributed by atoms with van der Waals surface area (Å²) < 4.78 is 6.83. The number of benzene rings is 2. The quantitative estimate of drug-likeness (QED) is 0.250. The van der Waals surface area contributed by atoms with E-state index in [4.69, 9.17) is 27.9 Å². The first-order valence-electron chi connectivity index (χ1n) is 10.5. The fourth-order valence-electron chi connectivity index (χ4n) is 3.95. The van der Waals surface area contributed by atoms with Crippen molar-refractivity contribution in [1.29, 1.82) is 0 Å². The Balaban J connectivity index is 1.41. The van der Waals surface area contributed by atoms with Gasteiger partial charge in [0.2, 0.25) is 0 Å². The predicted octanol–water partition coefficient (Wildman–Crippen LogP) is 7.79. The highest BCUT2D eigenvalue weighted by molar-refractivity contribution is 14.1. The van der Waals surface area contributed by atoms with Gasteiger partial charge >= 0.3 is 0 Å². The van der Waals surface area contributed by atoms with Gasteiger partial charge in [0.15, 0.2) is 0 Å². The van der Waals surface area contributed by atoms with Crippen molar-refractivity contribution in [3.05, 3.63) is 66.0 Å². The van der Waals surface area contributed by atoms with Crippen LogP contribution in [-0.4, -0.2) is 22.6 Å². The van der Waals surface area contributed by atoms with Crippen LogP contribution in [0.2, 0.25) is 10.0 Å². The van der Waals surface area contributed by atoms with Crippen LogP contribution in [0.1, 0.15) is 43.2 Å². The molecule has 0 spiro atoms. The minimum atomic E-state index is -0.180. The van der Waals surface area contributed by atoms with Gasteiger partial charge in [-0.1, -0.05) is 54.6 Å². The lowest BCUT2D eigenvalue weighted by Gasteiger charge is -2.25. The van der Waals surface area contributed by atoms with Crippen LogP contribution >= 0.6 is 57.6 Å². The van der Waals surface area contributed by atoms with Crippen molar-refractivity contribution in [2.24, 2.45) is 5.92 Å². The van der Waals surface area contributed by atoms with Crippen LogP contribution in [0.4, 0.5) is 4.79 Å². The number of thioether (sulfide) groups is 1. The molecule has 4 rings (SSSR count). The van der Waals surface area contributed by atoms with Crippen LogP contribution < -0.4 is 4.74 Å². The number of imide groups is 1. The van der Waals surface area contributed by atoms with Crippen molar-refractivity contribution >= 4 is 74.8 Å². The van der Waals surface area contributed by atoms with Gasteiger partial charge in [-0.25, -0.2) is 0 Å². The fraction of sp³-hybridized carbons (Fsp3) is 0.333. The Morgan fingerprint density at radius 3 is 2.56 bits per heavy atom. The molecule has 1 saturated carbocycles. The molecule has 1 aliphatic carbocycles. The summed E-state index contributed by atoms with van der Waals surface area (Å²) in [6, 6.07) is 11.1. The third-order valence-corrected chi connectivity index (χ3v) is 8.16. The zero-order chi connectivity index (χ0) is 22.7. The van der Waals surface area contributed by atoms with Crippen molar-refractivity contribution in [3.63, 3.8) is 0 Å². The van der Waals surface area contributed by atoms with Crippen LogP contribution in [0.3, 0.4) is 0 Å². The van der Waals surface area contributed by atoms with Crippen LogP contribution in [0.15, 0.2) is 41.3 Å². The number of amides is 2. The highest BCUT2D eigenvalue weighted by Gasteiger charge is 2.36. The van der Waals surface area contributed by atoms with E-state index in [-0.39, 0.29) is 11.1 Å². The summed E-state index contributed by atoms with van der Waals surface area (Å²) in [4.78, 5) is 27.2. The molecule has 168 valence electrons. The average molecular weight is 602 g/mol. The molecule has 0 atom stereocenters. The third-order valence-electron chi connectivity index (χ3n) is 5.67. The van der Waals surface area contributed by atoms with E-state index in [2.05, 4.69) is 22.6 Å². The number of rotatable bonds is 6. The van der Waals surface area contributed by atoms with Crippen LogP contribution in [0.25, 0.3) is 6.08 Å². The van der Waals surface area contributed by atoms with Gasteiger partial charge in [0.05, 0.1) is 18.5 Å². The molecule has 2 fully saturated rings. The normalized spacial score (nSPS) is 18.6. The van der Waals surface area contributed by atoms with Gasteiger partial charge in [-0.15, -0.1) is 0 Å². The molecule has 1 aliphatic heterocycles. The number of carbonyl (C=O) groups is 2. The molecule has 0 N–H and O–H groups in total. The number of carbonyl (C=O) groups excluding carboxylic acids is 2. The second-order valence-electron chi connectivity index (χ2n) is 8.02. The second kappa shape index (κ2) is 10.8. The first-order valence-corrected chi connectivity index (χ1v) is 13.2. The van der Waals surface area contributed by atoms with Gasteiger partial charge in [0, 0.05) is 6.54 Å². The monoisotopic (exact) mass is 601 g/mol. The summed E-state index contributed by atoms with van der Waals surface area (Å²) in [7, 11) is 0. The Morgan fingerprint density at radius 1 is 1.06 bits per heavy atom. The smallest absolute Gasteiger partial charge is 0.293 e. The lowest BCUT2D eigenvalue weighted by atomic mass is 9.89. The fourth-order valence-corrected chi connectivity index (χ4v) is 5.82. The molecule has 1 saturated heterocycles. The molecule has 4 nitrogen and oxygen atoms in total. The van der Waals surface area contributed by atoms with E-state index in [1.807, 2.05) is 24.3 Å². The molecule has 32 heavy (non-hydrogen) atoms. The molecular weight excluding hydrogens is 580 g/mol. The summed E-state index contributed by atoms with van der Waals surface area (Å²) in [6.45, 7) is 0.910. The summed E-state index contributed by atoms with van der Waals surface area (Å²) in [5, 5.41) is 0.843. The van der Waals surface area contributed by atoms with Crippen molar-refractivity contribution < 1.29 is 14.3 Å². The number of hydrogen-bond donors (Lipinski definition) is 0. The molecule has 0 bridgehead atoms. The zero-order valence-corrected chi connectivity index (χ0v) is 21.8. The summed E-state index contributed by atoms with van der Waals surface area (Å²) in [5.41, 5.74) is 1.78. The van der Waals surface area contributed by atoms with Gasteiger partial charge in [-0.05, 0) is 94.6 Å². The largest absolute Gasteiger partial charge is 0.488 e. The maximum atomic E-state index is 12.8. The first-order chi connectivity index (χ1) is 15.4. The molecule has 2 aliphatic rings. The highest BCUT2D eigenvalue weighted by atomic mass is 127. The molecule has 1 heterocycles. The van der Waals surface area contributed by atoms with Crippen LogP contribution in [0, 0.1) is 9.49 Å². The minimum Gasteiger partial charge on any atom is -0.488 e. The summed E-state index contributed by atoms with van der Waals surface area (Å²) in [6.07, 6.45) is 7.62. The molecule has 2 amide bonds. The Hall–Kier alpha value is -1.22. The maximum Gasteiger partial charge on any atom is 0.293 e. The van der Waals surface area contributed by atoms with Gasteiger partial charge in [0.1, 0.15) is 12.4 Å². The Morgan fingerprint density at radius 2 is 1.84 bits per heavy atom. The van der Waals surface area contributed by atoms with Gasteiger partial charge in [-0.2, -0.15) is 0 Å². The lowest BCUT2D eigenvalue weighted by molar-refractivity contribution is -0.123. The topological polar surface area (TPSA) is 46.6 Å². The average Bonchev–Trinajstić information content (AvgIpc) is 3.03. The third kappa shape index (κ3) is 5.82. The van der Waals surface area contributed by atoms with Crippen LogP contribution in [0.5, 0.6) is 5.75 Å². The van der Waals surface area contributed by atoms with Gasteiger partial charge in [0.25, 0.3) is 11.1 Å². The summed E-state index contributed by atoms with van der Waals surface area (Å²) >= 11 is 15.3. The van der Waals surface area contributed by atoms with Gasteiger partial charge in [-0.3, -0.25) is 14.5 Å². The SMILES string of the molecule is O=C1S/C(=C/c2ccc(OCc3ccc(Cl)c(Cl)c3)c(I)c2)C(=O)N1CC1CCCCC1. The van der Waals surface area contributed by atoms with E-state index in [1.54, 1.807) is 18.2 Å². The zero-order valence-electron chi connectivity index (χ0n) is 17.3. The molecular formula is C24H22Cl2INO3S. The van der Waals surface area contributed by atoms with Crippen LogP contribution in [-0.2, 0) is 11.4 Å². The standard InChI is InChI=1S/C24H22Cl2INO3S/c25-18-8-6-17(10-19(18)26)14-31-21-9-7-16(11-20(21)27)12-22-23(29)28(24(30)32-22)13-15-4-2-1-3-5-15/h6-12,15H,1-5,13-14H2/b22-12+. The number of ether oxygens (including phenoxy) is 1. The molecule has 2 aromatic carbocycles. The first kappa shape index (κ1) is 23.9. The minimum absolute atomic E-state index is 0.164. The predicted molar refractivity (Wildman–Crippen MR) is 139 cm³/mol. The number of nitrogens with zero attached hydrogens (tertiary/aromatic N) is 1. The summed E-state index contributed by atoms with van der Waals surface area (Å²) in [5.74, 6) is 0.990. The van der Waals surface area contributed by atoms with Crippen molar-refractivity contribution in [2.45, 2.75) is 38.7 Å².